The third kappa shape index (κ3) is 6.65. The van der Waals surface area contributed by atoms with Crippen LogP contribution in [0.4, 0.5) is 18.0 Å². The number of ether oxygens (including phenoxy) is 1. The smallest absolute Gasteiger partial charge is 0.405 e. The molecule has 1 saturated heterocycles. The second-order valence-corrected chi connectivity index (χ2v) is 5.90. The highest BCUT2D eigenvalue weighted by atomic mass is 19.4. The largest absolute Gasteiger partial charge is 0.573 e. The number of hydrogen-bond donors (Lipinski definition) is 2. The molecular weight excluding hydrogens is 371 g/mol. The number of likely N-dealkylation sites (tertiary alicyclic amines) is 1. The predicted molar refractivity (Wildman–Crippen MR) is 105 cm³/mol. The molecule has 0 saturated carbocycles. The Morgan fingerprint density at radius 3 is 2.32 bits per heavy atom. The second kappa shape index (κ2) is 10.8. The molecule has 28 heavy (non-hydrogen) atoms. The van der Waals surface area contributed by atoms with Gasteiger partial charge in [-0.15, -0.1) is 13.2 Å². The molecule has 2 amide bonds. The normalized spacial score (nSPS) is 13.4. The quantitative estimate of drug-likeness (QED) is 0.690. The summed E-state index contributed by atoms with van der Waals surface area (Å²) in [6.45, 7) is 11.4. The number of fused-ring (bicyclic) bond motifs is 1. The Bertz CT molecular complexity index is 751. The van der Waals surface area contributed by atoms with Gasteiger partial charge in [-0.3, -0.25) is 0 Å². The van der Waals surface area contributed by atoms with Crippen molar-refractivity contribution in [2.45, 2.75) is 60.4 Å². The van der Waals surface area contributed by atoms with E-state index in [-0.39, 0.29) is 11.8 Å². The summed E-state index contributed by atoms with van der Waals surface area (Å²) in [4.78, 5) is 16.8. The average molecular weight is 401 g/mol. The summed E-state index contributed by atoms with van der Waals surface area (Å²) in [7, 11) is 0. The summed E-state index contributed by atoms with van der Waals surface area (Å²) in [5.74, 6) is -0.221. The number of rotatable bonds is 3. The number of nitrogens with one attached hydrogen (secondary N) is 2. The van der Waals surface area contributed by atoms with Gasteiger partial charge in [-0.25, -0.2) is 4.79 Å². The molecule has 0 unspecified atom stereocenters. The van der Waals surface area contributed by atoms with Crippen molar-refractivity contribution in [3.8, 4) is 5.75 Å². The van der Waals surface area contributed by atoms with E-state index in [1.807, 2.05) is 27.7 Å². The summed E-state index contributed by atoms with van der Waals surface area (Å²) >= 11 is 0. The minimum absolute atomic E-state index is 0.122. The first-order valence-corrected chi connectivity index (χ1v) is 9.72. The number of amides is 2. The van der Waals surface area contributed by atoms with Crippen molar-refractivity contribution in [3.63, 3.8) is 0 Å². The maximum absolute atomic E-state index is 12.4. The van der Waals surface area contributed by atoms with Gasteiger partial charge in [0.2, 0.25) is 0 Å². The Hall–Kier alpha value is -2.38. The maximum Gasteiger partial charge on any atom is 0.573 e. The van der Waals surface area contributed by atoms with Crippen LogP contribution in [0.3, 0.4) is 0 Å². The third-order valence-corrected chi connectivity index (χ3v) is 4.02. The van der Waals surface area contributed by atoms with Crippen molar-refractivity contribution < 1.29 is 22.7 Å². The van der Waals surface area contributed by atoms with Crippen LogP contribution in [0.25, 0.3) is 10.9 Å². The molecule has 0 bridgehead atoms. The first-order valence-electron chi connectivity index (χ1n) is 9.72. The van der Waals surface area contributed by atoms with Gasteiger partial charge in [0.25, 0.3) is 0 Å². The molecule has 2 aromatic rings. The topological polar surface area (TPSA) is 57.4 Å². The van der Waals surface area contributed by atoms with Crippen molar-refractivity contribution in [1.29, 1.82) is 0 Å². The lowest BCUT2D eigenvalue weighted by Crippen LogP contribution is -2.37. The number of aromatic nitrogens is 1. The Kier molecular flexibility index (Phi) is 9.15. The molecule has 1 aromatic carbocycles. The number of alkyl halides is 3. The number of aromatic amines is 1. The molecule has 3 rings (SSSR count). The van der Waals surface area contributed by atoms with Crippen molar-refractivity contribution >= 4 is 16.9 Å². The lowest BCUT2D eigenvalue weighted by atomic mass is 10.1. The molecule has 0 spiro atoms. The molecule has 1 fully saturated rings. The molecule has 8 heteroatoms. The zero-order valence-electron chi connectivity index (χ0n) is 17.2. The number of hydrogen-bond acceptors (Lipinski definition) is 2. The molecule has 1 aliphatic heterocycles. The Labute approximate surface area is 164 Å². The first kappa shape index (κ1) is 23.7. The molecular formula is C20H30F3N3O2. The molecule has 2 heterocycles. The molecule has 0 aliphatic carbocycles. The molecule has 1 aliphatic rings. The molecule has 1 aromatic heterocycles. The highest BCUT2D eigenvalue weighted by Crippen LogP contribution is 2.30. The van der Waals surface area contributed by atoms with Crippen molar-refractivity contribution in [1.82, 2.24) is 15.2 Å². The zero-order chi connectivity index (χ0) is 21.3. The van der Waals surface area contributed by atoms with Gasteiger partial charge in [0.1, 0.15) is 5.75 Å². The monoisotopic (exact) mass is 401 g/mol. The van der Waals surface area contributed by atoms with Crippen molar-refractivity contribution in [2.24, 2.45) is 0 Å². The Balaban J connectivity index is 0.000000921. The van der Waals surface area contributed by atoms with Crippen molar-refractivity contribution in [3.05, 3.63) is 29.5 Å². The number of nitrogens with zero attached hydrogens (tertiary/aromatic N) is 1. The van der Waals surface area contributed by atoms with Crippen LogP contribution in [0, 0.1) is 6.92 Å². The summed E-state index contributed by atoms with van der Waals surface area (Å²) in [5.41, 5.74) is 1.81. The molecule has 2 N–H and O–H groups in total. The van der Waals surface area contributed by atoms with E-state index in [0.29, 0.717) is 23.0 Å². The number of aryl methyl sites for hydroxylation is 1. The second-order valence-electron chi connectivity index (χ2n) is 5.90. The lowest BCUT2D eigenvalue weighted by Gasteiger charge is -2.15. The standard InChI is InChI=1S/C16H18F3N3O2.2C2H6/c1-10-6-13-11(8-14(10)24-16(17,18)19)7-12(21-13)9-20-15(23)22-4-2-3-5-22;2*1-2/h6-8,21H,2-5,9H2,1H3,(H,20,23);2*1-2H3. The van der Waals surface area contributed by atoms with Gasteiger partial charge in [-0.2, -0.15) is 0 Å². The van der Waals surface area contributed by atoms with E-state index in [4.69, 9.17) is 0 Å². The number of carbonyl (C=O) groups excluding carboxylic acids is 1. The first-order chi connectivity index (χ1) is 13.3. The molecule has 0 atom stereocenters. The summed E-state index contributed by atoms with van der Waals surface area (Å²) < 4.78 is 41.2. The minimum atomic E-state index is -4.72. The molecule has 158 valence electrons. The summed E-state index contributed by atoms with van der Waals surface area (Å²) in [5, 5.41) is 3.42. The van der Waals surface area contributed by atoms with Gasteiger partial charge in [-0.05, 0) is 43.5 Å². The fraction of sp³-hybridized carbons (Fsp3) is 0.550. The number of halogens is 3. The number of H-pyrrole nitrogens is 1. The van der Waals surface area contributed by atoms with Gasteiger partial charge >= 0.3 is 12.4 Å². The lowest BCUT2D eigenvalue weighted by molar-refractivity contribution is -0.274. The van der Waals surface area contributed by atoms with E-state index >= 15 is 0 Å². The fourth-order valence-electron chi connectivity index (χ4n) is 2.86. The Morgan fingerprint density at radius 2 is 1.75 bits per heavy atom. The predicted octanol–water partition coefficient (Wildman–Crippen LogP) is 5.73. The maximum atomic E-state index is 12.4. The highest BCUT2D eigenvalue weighted by molar-refractivity contribution is 5.83. The van der Waals surface area contributed by atoms with Gasteiger partial charge < -0.3 is 19.9 Å². The number of benzene rings is 1. The van der Waals surface area contributed by atoms with E-state index in [0.717, 1.165) is 31.6 Å². The van der Waals surface area contributed by atoms with E-state index in [1.165, 1.54) is 6.07 Å². The van der Waals surface area contributed by atoms with Crippen LogP contribution in [0.15, 0.2) is 18.2 Å². The molecule has 0 radical (unpaired) electrons. The minimum Gasteiger partial charge on any atom is -0.405 e. The highest BCUT2D eigenvalue weighted by Gasteiger charge is 2.31. The van der Waals surface area contributed by atoms with Crippen LogP contribution in [-0.2, 0) is 6.54 Å². The fourth-order valence-corrected chi connectivity index (χ4v) is 2.86. The van der Waals surface area contributed by atoms with Gasteiger partial charge in [0, 0.05) is 29.7 Å². The zero-order valence-corrected chi connectivity index (χ0v) is 17.2. The van der Waals surface area contributed by atoms with Crippen LogP contribution >= 0.6 is 0 Å². The molecule has 5 nitrogen and oxygen atoms in total. The SMILES string of the molecule is CC.CC.Cc1cc2[nH]c(CNC(=O)N3CCCC3)cc2cc1OC(F)(F)F. The van der Waals surface area contributed by atoms with E-state index in [9.17, 15) is 18.0 Å². The van der Waals surface area contributed by atoms with E-state index in [2.05, 4.69) is 15.0 Å². The van der Waals surface area contributed by atoms with Crippen LogP contribution in [-0.4, -0.2) is 35.4 Å². The number of carbonyl (C=O) groups is 1. The van der Waals surface area contributed by atoms with Gasteiger partial charge in [-0.1, -0.05) is 27.7 Å². The van der Waals surface area contributed by atoms with Gasteiger partial charge in [0.15, 0.2) is 0 Å². The average Bonchev–Trinajstić information content (AvgIpc) is 3.32. The summed E-state index contributed by atoms with van der Waals surface area (Å²) in [6, 6.07) is 4.54. The third-order valence-electron chi connectivity index (χ3n) is 4.02. The summed E-state index contributed by atoms with van der Waals surface area (Å²) in [6.07, 6.45) is -2.69. The van der Waals surface area contributed by atoms with Crippen LogP contribution < -0.4 is 10.1 Å². The van der Waals surface area contributed by atoms with Crippen molar-refractivity contribution in [2.75, 3.05) is 13.1 Å². The van der Waals surface area contributed by atoms with Gasteiger partial charge in [0.05, 0.1) is 6.54 Å². The van der Waals surface area contributed by atoms with Crippen LogP contribution in [0.5, 0.6) is 5.75 Å². The Morgan fingerprint density at radius 1 is 1.14 bits per heavy atom. The van der Waals surface area contributed by atoms with E-state index in [1.54, 1.807) is 24.0 Å². The van der Waals surface area contributed by atoms with Crippen LogP contribution in [0.1, 0.15) is 51.8 Å². The number of urea groups is 1. The van der Waals surface area contributed by atoms with Crippen LogP contribution in [0.2, 0.25) is 0 Å². The van der Waals surface area contributed by atoms with E-state index < -0.39 is 6.36 Å².